The number of carbonyl (C=O) groups excluding carboxylic acids is 2. The Kier molecular flexibility index (Phi) is 8.03. The molecule has 0 aromatic heterocycles. The van der Waals surface area contributed by atoms with E-state index in [-0.39, 0.29) is 29.8 Å². The van der Waals surface area contributed by atoms with Crippen molar-refractivity contribution in [1.82, 2.24) is 4.90 Å². The van der Waals surface area contributed by atoms with Crippen molar-refractivity contribution < 1.29 is 24.5 Å². The monoisotopic (exact) mass is 504 g/mol. The van der Waals surface area contributed by atoms with Gasteiger partial charge < -0.3 is 19.8 Å². The minimum Gasteiger partial charge on any atom is -0.445 e. The molecule has 1 heterocycles. The summed E-state index contributed by atoms with van der Waals surface area (Å²) in [6, 6.07) is 7.60. The molecule has 1 aromatic carbocycles. The van der Waals surface area contributed by atoms with Crippen molar-refractivity contribution in [1.29, 1.82) is 0 Å². The van der Waals surface area contributed by atoms with E-state index in [0.29, 0.717) is 24.9 Å². The summed E-state index contributed by atoms with van der Waals surface area (Å²) in [6.45, 7) is 5.66. The summed E-state index contributed by atoms with van der Waals surface area (Å²) in [7, 11) is 0. The second kappa shape index (κ2) is 10.7. The highest BCUT2D eigenvalue weighted by molar-refractivity contribution is 7.98. The Morgan fingerprint density at radius 3 is 2.63 bits per heavy atom. The Hall–Kier alpha value is -1.77. The highest BCUT2D eigenvalue weighted by atomic mass is 32.2. The molecule has 8 heteroatoms. The molecule has 2 saturated carbocycles. The Balaban J connectivity index is 1.49. The highest BCUT2D eigenvalue weighted by Crippen LogP contribution is 2.61. The van der Waals surface area contributed by atoms with Gasteiger partial charge in [-0.05, 0) is 80.2 Å². The molecule has 2 amide bonds. The molecule has 1 aliphatic heterocycles. The second-order valence-corrected chi connectivity index (χ2v) is 11.9. The maximum Gasteiger partial charge on any atom is 0.411 e. The molecule has 3 fully saturated rings. The van der Waals surface area contributed by atoms with Gasteiger partial charge in [0.05, 0.1) is 12.7 Å². The second-order valence-electron chi connectivity index (χ2n) is 11.1. The highest BCUT2D eigenvalue weighted by Gasteiger charge is 2.60. The quantitative estimate of drug-likeness (QED) is 0.493. The summed E-state index contributed by atoms with van der Waals surface area (Å²) in [6.07, 6.45) is 5.57. The predicted molar refractivity (Wildman–Crippen MR) is 137 cm³/mol. The van der Waals surface area contributed by atoms with E-state index in [4.69, 9.17) is 4.74 Å². The topological polar surface area (TPSA) is 99.1 Å². The molecule has 1 aromatic rings. The zero-order valence-electron chi connectivity index (χ0n) is 21.2. The number of nitrogens with zero attached hydrogens (tertiary/aromatic N) is 1. The van der Waals surface area contributed by atoms with Crippen LogP contribution in [0.2, 0.25) is 0 Å². The molecule has 0 unspecified atom stereocenters. The Bertz CT molecular complexity index is 923. The number of rotatable bonds is 6. The van der Waals surface area contributed by atoms with Crippen molar-refractivity contribution in [3.63, 3.8) is 0 Å². The number of amides is 2. The average molecular weight is 505 g/mol. The molecular weight excluding hydrogens is 464 g/mol. The minimum atomic E-state index is -0.652. The molecule has 1 saturated heterocycles. The lowest BCUT2D eigenvalue weighted by Gasteiger charge is -2.60. The van der Waals surface area contributed by atoms with E-state index in [2.05, 4.69) is 12.2 Å². The van der Waals surface area contributed by atoms with Crippen LogP contribution in [0, 0.1) is 22.7 Å². The van der Waals surface area contributed by atoms with E-state index < -0.39 is 23.7 Å². The first-order chi connectivity index (χ1) is 16.7. The Labute approximate surface area is 213 Å². The molecule has 0 radical (unpaired) electrons. The van der Waals surface area contributed by atoms with Crippen LogP contribution in [0.5, 0.6) is 0 Å². The third-order valence-electron chi connectivity index (χ3n) is 9.09. The fraction of sp³-hybridized carbons (Fsp3) is 0.704. The smallest absolute Gasteiger partial charge is 0.411 e. The van der Waals surface area contributed by atoms with Crippen LogP contribution in [0.1, 0.15) is 58.8 Å². The number of benzene rings is 1. The number of nitrogens with one attached hydrogen (secondary N) is 1. The van der Waals surface area contributed by atoms with Gasteiger partial charge in [-0.1, -0.05) is 19.9 Å². The maximum atomic E-state index is 13.0. The molecule has 194 valence electrons. The van der Waals surface area contributed by atoms with Crippen LogP contribution in [0.3, 0.4) is 0 Å². The van der Waals surface area contributed by atoms with Gasteiger partial charge >= 0.3 is 6.09 Å². The number of anilines is 1. The molecule has 0 bridgehead atoms. The summed E-state index contributed by atoms with van der Waals surface area (Å²) in [5.41, 5.74) is -0.289. The lowest BCUT2D eigenvalue weighted by atomic mass is 9.46. The van der Waals surface area contributed by atoms with Gasteiger partial charge in [0, 0.05) is 35.5 Å². The first-order valence-corrected chi connectivity index (χ1v) is 14.1. The number of likely N-dealkylation sites (tertiary alicyclic amines) is 1. The van der Waals surface area contributed by atoms with Crippen LogP contribution < -0.4 is 5.32 Å². The van der Waals surface area contributed by atoms with E-state index in [1.54, 1.807) is 11.8 Å². The van der Waals surface area contributed by atoms with Crippen molar-refractivity contribution >= 4 is 29.4 Å². The number of thioether (sulfide) groups is 1. The van der Waals surface area contributed by atoms with Gasteiger partial charge in [0.15, 0.2) is 0 Å². The Morgan fingerprint density at radius 1 is 1.20 bits per heavy atom. The fourth-order valence-electron chi connectivity index (χ4n) is 7.04. The van der Waals surface area contributed by atoms with Crippen LogP contribution >= 0.6 is 11.8 Å². The summed E-state index contributed by atoms with van der Waals surface area (Å²) >= 11 is 1.60. The average Bonchev–Trinajstić information content (AvgIpc) is 3.38. The van der Waals surface area contributed by atoms with Crippen molar-refractivity contribution in [2.75, 3.05) is 31.3 Å². The number of hydrogen-bond donors (Lipinski definition) is 3. The number of ether oxygens (including phenoxy) is 1. The number of aliphatic hydroxyl groups excluding tert-OH is 2. The summed E-state index contributed by atoms with van der Waals surface area (Å²) in [5, 5.41) is 24.4. The molecule has 4 rings (SSSR count). The van der Waals surface area contributed by atoms with Gasteiger partial charge in [0.25, 0.3) is 0 Å². The zero-order chi connectivity index (χ0) is 25.2. The third kappa shape index (κ3) is 5.20. The number of fused-ring (bicyclic) bond motifs is 1. The van der Waals surface area contributed by atoms with Crippen molar-refractivity contribution in [3.05, 3.63) is 24.3 Å². The molecular formula is C27H40N2O5S. The summed E-state index contributed by atoms with van der Waals surface area (Å²) in [4.78, 5) is 28.8. The van der Waals surface area contributed by atoms with E-state index in [1.807, 2.05) is 42.3 Å². The minimum absolute atomic E-state index is 0.0335. The van der Waals surface area contributed by atoms with Crippen LogP contribution in [-0.4, -0.2) is 65.3 Å². The van der Waals surface area contributed by atoms with Crippen molar-refractivity contribution in [3.8, 4) is 0 Å². The van der Waals surface area contributed by atoms with Gasteiger partial charge in [-0.25, -0.2) is 4.79 Å². The summed E-state index contributed by atoms with van der Waals surface area (Å²) in [5.74, 6) is -0.000201. The molecule has 7 nitrogen and oxygen atoms in total. The lowest BCUT2D eigenvalue weighted by molar-refractivity contribution is -0.186. The Morgan fingerprint density at radius 2 is 1.94 bits per heavy atom. The van der Waals surface area contributed by atoms with Gasteiger partial charge in [0.2, 0.25) is 5.91 Å². The largest absolute Gasteiger partial charge is 0.445 e. The predicted octanol–water partition coefficient (Wildman–Crippen LogP) is 4.52. The standard InChI is InChI=1S/C27H40N2O5S/c1-26-12-11-23(34-25(33)28-18-7-6-8-19(15-18)35-3)27(2,17-30)22(26)10-9-21(31)20(26)16-24(32)29-13-4-5-14-29/h6-8,15,20-23,30-31H,4-5,9-14,16-17H2,1-3H3,(H,28,33)/t20-,21-,22-,23-,26+,27+/m1/s1. The third-order valence-corrected chi connectivity index (χ3v) is 9.82. The normalized spacial score (nSPS) is 34.8. The van der Waals surface area contributed by atoms with Crippen LogP contribution in [0.15, 0.2) is 29.2 Å². The first kappa shape index (κ1) is 26.3. The van der Waals surface area contributed by atoms with Crippen LogP contribution in [0.25, 0.3) is 0 Å². The van der Waals surface area contributed by atoms with E-state index in [0.717, 1.165) is 43.7 Å². The van der Waals surface area contributed by atoms with Gasteiger partial charge in [-0.3, -0.25) is 10.1 Å². The zero-order valence-corrected chi connectivity index (χ0v) is 22.0. The van der Waals surface area contributed by atoms with Crippen molar-refractivity contribution in [2.24, 2.45) is 22.7 Å². The molecule has 2 aliphatic carbocycles. The van der Waals surface area contributed by atoms with E-state index in [1.165, 1.54) is 0 Å². The molecule has 3 aliphatic rings. The molecule has 3 N–H and O–H groups in total. The van der Waals surface area contributed by atoms with Crippen LogP contribution in [-0.2, 0) is 9.53 Å². The number of hydrogen-bond acceptors (Lipinski definition) is 6. The lowest BCUT2D eigenvalue weighted by Crippen LogP contribution is -2.61. The van der Waals surface area contributed by atoms with Crippen LogP contribution in [0.4, 0.5) is 10.5 Å². The van der Waals surface area contributed by atoms with Crippen molar-refractivity contribution in [2.45, 2.75) is 75.9 Å². The van der Waals surface area contributed by atoms with Gasteiger partial charge in [-0.15, -0.1) is 11.8 Å². The van der Waals surface area contributed by atoms with Gasteiger partial charge in [0.1, 0.15) is 6.10 Å². The molecule has 35 heavy (non-hydrogen) atoms. The fourth-order valence-corrected chi connectivity index (χ4v) is 7.50. The van der Waals surface area contributed by atoms with E-state index >= 15 is 0 Å². The molecule has 0 spiro atoms. The first-order valence-electron chi connectivity index (χ1n) is 12.9. The SMILES string of the molecule is CSc1cccc(NC(=O)O[C@@H]2CC[C@]3(C)[C@@H](CC[C@@H](O)[C@H]3CC(=O)N3CCCC3)[C@]2(C)CO)c1. The van der Waals surface area contributed by atoms with E-state index in [9.17, 15) is 19.8 Å². The maximum absolute atomic E-state index is 13.0. The van der Waals surface area contributed by atoms with Gasteiger partial charge in [-0.2, -0.15) is 0 Å². The number of aliphatic hydroxyl groups is 2. The summed E-state index contributed by atoms with van der Waals surface area (Å²) < 4.78 is 5.94. The number of carbonyl (C=O) groups is 2. The molecule has 6 atom stereocenters.